The molecule has 1 fully saturated rings. The molecule has 182 valence electrons. The van der Waals surface area contributed by atoms with Gasteiger partial charge in [-0.1, -0.05) is 11.6 Å². The van der Waals surface area contributed by atoms with Crippen molar-refractivity contribution < 1.29 is 22.7 Å². The molecule has 3 aromatic rings. The minimum absolute atomic E-state index is 0.0910. The summed E-state index contributed by atoms with van der Waals surface area (Å²) in [5, 5.41) is -0.0910. The number of pyridine rings is 1. The van der Waals surface area contributed by atoms with Gasteiger partial charge in [0.15, 0.2) is 0 Å². The lowest BCUT2D eigenvalue weighted by Crippen LogP contribution is -2.48. The number of halogens is 4. The van der Waals surface area contributed by atoms with E-state index < -0.39 is 22.8 Å². The fourth-order valence-electron chi connectivity index (χ4n) is 5.48. The van der Waals surface area contributed by atoms with Gasteiger partial charge >= 0.3 is 6.18 Å². The van der Waals surface area contributed by atoms with Crippen molar-refractivity contribution in [2.24, 2.45) is 0 Å². The van der Waals surface area contributed by atoms with E-state index in [-0.39, 0.29) is 47.6 Å². The molecular formula is C24H20ClF3N4O3. The smallest absolute Gasteiger partial charge is 0.416 e. The molecule has 4 heterocycles. The van der Waals surface area contributed by atoms with E-state index in [1.165, 1.54) is 4.57 Å². The van der Waals surface area contributed by atoms with Crippen LogP contribution in [0.25, 0.3) is 5.69 Å². The Labute approximate surface area is 202 Å². The zero-order valence-electron chi connectivity index (χ0n) is 18.8. The number of benzene rings is 1. The summed E-state index contributed by atoms with van der Waals surface area (Å²) in [6.45, 7) is 4.32. The number of ether oxygens (including phenoxy) is 1. The van der Waals surface area contributed by atoms with Crippen LogP contribution in [0.3, 0.4) is 0 Å². The van der Waals surface area contributed by atoms with Crippen LogP contribution in [-0.2, 0) is 18.1 Å². The lowest BCUT2D eigenvalue weighted by molar-refractivity contribution is -0.137. The van der Waals surface area contributed by atoms with Crippen LogP contribution in [-0.4, -0.2) is 43.6 Å². The number of rotatable bonds is 3. The van der Waals surface area contributed by atoms with Crippen LogP contribution in [0.4, 0.5) is 13.2 Å². The van der Waals surface area contributed by atoms with Crippen LogP contribution in [0.2, 0.25) is 5.02 Å². The molecule has 3 aliphatic rings. The maximum Gasteiger partial charge on any atom is 0.416 e. The second-order valence-corrected chi connectivity index (χ2v) is 10.0. The first-order chi connectivity index (χ1) is 16.4. The Morgan fingerprint density at radius 1 is 1.20 bits per heavy atom. The molecule has 6 rings (SSSR count). The number of hydrogen-bond donors (Lipinski definition) is 0. The number of aromatic nitrogens is 3. The average molecular weight is 505 g/mol. The summed E-state index contributed by atoms with van der Waals surface area (Å²) >= 11 is 6.16. The summed E-state index contributed by atoms with van der Waals surface area (Å²) in [4.78, 5) is 32.2. The van der Waals surface area contributed by atoms with E-state index >= 15 is 0 Å². The maximum atomic E-state index is 13.5. The largest absolute Gasteiger partial charge is 0.485 e. The second kappa shape index (κ2) is 6.90. The van der Waals surface area contributed by atoms with Crippen molar-refractivity contribution in [1.29, 1.82) is 0 Å². The van der Waals surface area contributed by atoms with Gasteiger partial charge in [0.2, 0.25) is 0 Å². The zero-order chi connectivity index (χ0) is 24.9. The van der Waals surface area contributed by atoms with Crippen LogP contribution in [0, 0.1) is 6.92 Å². The van der Waals surface area contributed by atoms with Gasteiger partial charge in [-0.15, -0.1) is 0 Å². The predicted octanol–water partition coefficient (Wildman–Crippen LogP) is 3.96. The maximum absolute atomic E-state index is 13.5. The van der Waals surface area contributed by atoms with E-state index in [0.29, 0.717) is 17.7 Å². The van der Waals surface area contributed by atoms with E-state index in [0.717, 1.165) is 17.8 Å². The number of carbonyl (C=O) groups excluding carboxylic acids is 1. The van der Waals surface area contributed by atoms with Gasteiger partial charge in [0, 0.05) is 37.8 Å². The van der Waals surface area contributed by atoms with Crippen LogP contribution >= 0.6 is 11.6 Å². The molecule has 0 unspecified atom stereocenters. The third-order valence-corrected chi connectivity index (χ3v) is 7.73. The summed E-state index contributed by atoms with van der Waals surface area (Å²) in [5.74, 6) is -0.105. The quantitative estimate of drug-likeness (QED) is 0.541. The second-order valence-electron chi connectivity index (χ2n) is 9.63. The lowest BCUT2D eigenvalue weighted by atomic mass is 9.91. The Hall–Kier alpha value is -3.27. The van der Waals surface area contributed by atoms with Gasteiger partial charge in [-0.3, -0.25) is 9.59 Å². The minimum atomic E-state index is -4.56. The summed E-state index contributed by atoms with van der Waals surface area (Å²) in [5.41, 5.74) is -0.930. The summed E-state index contributed by atoms with van der Waals surface area (Å²) < 4.78 is 49.5. The Morgan fingerprint density at radius 2 is 1.97 bits per heavy atom. The van der Waals surface area contributed by atoms with Crippen molar-refractivity contribution in [2.45, 2.75) is 44.0 Å². The van der Waals surface area contributed by atoms with Crippen LogP contribution < -0.4 is 10.3 Å². The fraction of sp³-hybridized carbons (Fsp3) is 0.375. The van der Waals surface area contributed by atoms with Crippen molar-refractivity contribution in [1.82, 2.24) is 19.0 Å². The summed E-state index contributed by atoms with van der Waals surface area (Å²) in [6.07, 6.45) is -0.813. The number of fused-ring (bicyclic) bond motifs is 4. The lowest BCUT2D eigenvalue weighted by Gasteiger charge is -2.32. The van der Waals surface area contributed by atoms with Crippen molar-refractivity contribution in [3.05, 3.63) is 74.7 Å². The normalized spacial score (nSPS) is 24.6. The number of nitrogens with zero attached hydrogens (tertiary/aromatic N) is 4. The summed E-state index contributed by atoms with van der Waals surface area (Å²) in [6, 6.07) is 5.14. The highest BCUT2D eigenvalue weighted by Crippen LogP contribution is 2.68. The van der Waals surface area contributed by atoms with Gasteiger partial charge < -0.3 is 18.8 Å². The van der Waals surface area contributed by atoms with Gasteiger partial charge in [-0.05, 0) is 38.1 Å². The third-order valence-electron chi connectivity index (χ3n) is 7.44. The minimum Gasteiger partial charge on any atom is -0.485 e. The number of alkyl halides is 3. The molecule has 0 radical (unpaired) electrons. The van der Waals surface area contributed by atoms with Crippen LogP contribution in [0.15, 0.2) is 41.6 Å². The molecule has 0 spiro atoms. The first-order valence-electron chi connectivity index (χ1n) is 11.1. The molecule has 1 amide bonds. The van der Waals surface area contributed by atoms with Crippen molar-refractivity contribution in [2.75, 3.05) is 13.1 Å². The molecule has 2 aliphatic heterocycles. The molecule has 2 atom stereocenters. The summed E-state index contributed by atoms with van der Waals surface area (Å²) in [7, 11) is 0. The number of hydrogen-bond acceptors (Lipinski definition) is 4. The van der Waals surface area contributed by atoms with Crippen molar-refractivity contribution in [3.63, 3.8) is 0 Å². The Morgan fingerprint density at radius 3 is 2.66 bits per heavy atom. The molecule has 0 bridgehead atoms. The average Bonchev–Trinajstić information content (AvgIpc) is 3.03. The van der Waals surface area contributed by atoms with E-state index in [2.05, 4.69) is 4.98 Å². The SMILES string of the molecule is Cc1cn(-c2ccc3n(c2=O)CCN(C[C@]24C[C@@]2(C)Oc2c(Cl)cc(C(F)(F)F)cc24)C3=O)cn1. The van der Waals surface area contributed by atoms with E-state index in [4.69, 9.17) is 16.3 Å². The zero-order valence-corrected chi connectivity index (χ0v) is 19.6. The Bertz CT molecular complexity index is 1480. The molecular weight excluding hydrogens is 485 g/mol. The molecule has 2 aromatic heterocycles. The molecule has 11 heteroatoms. The predicted molar refractivity (Wildman–Crippen MR) is 120 cm³/mol. The van der Waals surface area contributed by atoms with Gasteiger partial charge in [-0.2, -0.15) is 13.2 Å². The standard InChI is InChI=1S/C24H20ClF3N4O3/c1-13-9-31(12-29-13)17-3-4-18-20(33)30(5-6-32(18)21(17)34)11-23-10-22(23,2)35-19-15(23)7-14(8-16(19)25)24(26,27)28/h3-4,7-9,12H,5-6,10-11H2,1-2H3/t22-,23+/m1/s1. The third kappa shape index (κ3) is 3.08. The molecule has 0 saturated heterocycles. The number of aryl methyl sites for hydroxylation is 1. The van der Waals surface area contributed by atoms with E-state index in [1.54, 1.807) is 34.1 Å². The fourth-order valence-corrected chi connectivity index (χ4v) is 5.74. The molecule has 1 saturated carbocycles. The molecule has 7 nitrogen and oxygen atoms in total. The number of amides is 1. The highest BCUT2D eigenvalue weighted by atomic mass is 35.5. The molecule has 1 aromatic carbocycles. The van der Waals surface area contributed by atoms with Crippen molar-refractivity contribution in [3.8, 4) is 11.4 Å². The van der Waals surface area contributed by atoms with E-state index in [9.17, 15) is 22.8 Å². The molecule has 0 N–H and O–H groups in total. The Balaban J connectivity index is 1.34. The molecule has 1 aliphatic carbocycles. The van der Waals surface area contributed by atoms with Gasteiger partial charge in [0.05, 0.1) is 28.0 Å². The number of carbonyl (C=O) groups is 1. The van der Waals surface area contributed by atoms with E-state index in [1.807, 2.05) is 13.8 Å². The van der Waals surface area contributed by atoms with Crippen LogP contribution in [0.5, 0.6) is 5.75 Å². The van der Waals surface area contributed by atoms with Gasteiger partial charge in [0.1, 0.15) is 22.7 Å². The Kier molecular flexibility index (Phi) is 4.38. The van der Waals surface area contributed by atoms with Gasteiger partial charge in [0.25, 0.3) is 11.5 Å². The molecule has 35 heavy (non-hydrogen) atoms. The van der Waals surface area contributed by atoms with Crippen LogP contribution in [0.1, 0.15) is 40.7 Å². The van der Waals surface area contributed by atoms with Gasteiger partial charge in [-0.25, -0.2) is 4.98 Å². The highest BCUT2D eigenvalue weighted by molar-refractivity contribution is 6.32. The highest BCUT2D eigenvalue weighted by Gasteiger charge is 2.73. The first kappa shape index (κ1) is 22.2. The number of imidazole rings is 1. The van der Waals surface area contributed by atoms with Crippen molar-refractivity contribution >= 4 is 17.5 Å². The first-order valence-corrected chi connectivity index (χ1v) is 11.5. The topological polar surface area (TPSA) is 69.4 Å². The monoisotopic (exact) mass is 504 g/mol.